The minimum absolute atomic E-state index is 0.0900. The van der Waals surface area contributed by atoms with E-state index in [4.69, 9.17) is 10.5 Å². The Morgan fingerprint density at radius 2 is 2.28 bits per heavy atom. The van der Waals surface area contributed by atoms with Crippen LogP contribution in [0.25, 0.3) is 0 Å². The molecule has 0 spiro atoms. The van der Waals surface area contributed by atoms with E-state index < -0.39 is 5.82 Å². The van der Waals surface area contributed by atoms with Crippen molar-refractivity contribution in [1.82, 2.24) is 14.8 Å². The molecule has 96 valence electrons. The number of halogens is 1. The van der Waals surface area contributed by atoms with Crippen molar-refractivity contribution >= 4 is 17.4 Å². The zero-order valence-electron chi connectivity index (χ0n) is 9.73. The van der Waals surface area contributed by atoms with Gasteiger partial charge in [0.25, 0.3) is 0 Å². The van der Waals surface area contributed by atoms with E-state index in [1.54, 1.807) is 7.05 Å². The third kappa shape index (κ3) is 2.19. The Balaban J connectivity index is 2.40. The van der Waals surface area contributed by atoms with E-state index in [-0.39, 0.29) is 17.1 Å². The molecule has 0 aliphatic rings. The number of nitrogens with zero attached hydrogens (tertiary/aromatic N) is 2. The van der Waals surface area contributed by atoms with E-state index in [9.17, 15) is 9.18 Å². The lowest BCUT2D eigenvalue weighted by Crippen LogP contribution is -2.12. The molecule has 6 nitrogen and oxygen atoms in total. The monoisotopic (exact) mass is 270 g/mol. The van der Waals surface area contributed by atoms with E-state index >= 15 is 0 Å². The summed E-state index contributed by atoms with van der Waals surface area (Å²) in [5, 5.41) is 6.57. The Morgan fingerprint density at radius 1 is 1.56 bits per heavy atom. The van der Waals surface area contributed by atoms with Gasteiger partial charge in [-0.25, -0.2) is 14.3 Å². The molecule has 0 atom stereocenters. The number of ether oxygens (including phenoxy) is 1. The standard InChI is InChI=1S/C10H11FN4O2S/c1-15-9(16)13-14-10(15)18-8-4-7(17-2)5(11)3-6(8)12/h3-4H,12H2,1-2H3,(H,13,16). The van der Waals surface area contributed by atoms with Crippen LogP contribution in [-0.2, 0) is 7.05 Å². The minimum Gasteiger partial charge on any atom is -0.494 e. The molecule has 0 saturated carbocycles. The second-order valence-corrected chi connectivity index (χ2v) is 4.51. The van der Waals surface area contributed by atoms with Crippen LogP contribution < -0.4 is 16.2 Å². The topological polar surface area (TPSA) is 85.9 Å². The summed E-state index contributed by atoms with van der Waals surface area (Å²) < 4.78 is 19.6. The fourth-order valence-electron chi connectivity index (χ4n) is 1.32. The first-order chi connectivity index (χ1) is 8.52. The van der Waals surface area contributed by atoms with Gasteiger partial charge in [-0.2, -0.15) is 0 Å². The zero-order chi connectivity index (χ0) is 13.3. The molecule has 3 N–H and O–H groups in total. The number of aromatic amines is 1. The molecule has 0 fully saturated rings. The Hall–Kier alpha value is -1.96. The first-order valence-electron chi connectivity index (χ1n) is 4.95. The van der Waals surface area contributed by atoms with Gasteiger partial charge < -0.3 is 10.5 Å². The van der Waals surface area contributed by atoms with E-state index in [0.717, 1.165) is 11.8 Å². The van der Waals surface area contributed by atoms with Crippen molar-refractivity contribution in [1.29, 1.82) is 0 Å². The summed E-state index contributed by atoms with van der Waals surface area (Å²) in [7, 11) is 2.94. The highest BCUT2D eigenvalue weighted by molar-refractivity contribution is 7.99. The molecular formula is C10H11FN4O2S. The molecular weight excluding hydrogens is 259 g/mol. The van der Waals surface area contributed by atoms with Crippen molar-refractivity contribution < 1.29 is 9.13 Å². The molecule has 0 aliphatic carbocycles. The molecule has 0 unspecified atom stereocenters. The molecule has 1 aromatic carbocycles. The van der Waals surface area contributed by atoms with Gasteiger partial charge in [-0.15, -0.1) is 5.10 Å². The van der Waals surface area contributed by atoms with Crippen LogP contribution in [0, 0.1) is 5.82 Å². The predicted molar refractivity (Wildman–Crippen MR) is 65.3 cm³/mol. The maximum atomic E-state index is 13.4. The SMILES string of the molecule is COc1cc(Sc2n[nH]c(=O)n2C)c(N)cc1F. The third-order valence-electron chi connectivity index (χ3n) is 2.32. The van der Waals surface area contributed by atoms with Crippen LogP contribution in [0.3, 0.4) is 0 Å². The van der Waals surface area contributed by atoms with Gasteiger partial charge in [-0.3, -0.25) is 4.57 Å². The van der Waals surface area contributed by atoms with Crippen molar-refractivity contribution in [2.75, 3.05) is 12.8 Å². The molecule has 2 aromatic rings. The molecule has 0 aliphatic heterocycles. The maximum Gasteiger partial charge on any atom is 0.343 e. The molecule has 0 amide bonds. The van der Waals surface area contributed by atoms with Crippen molar-refractivity contribution in [2.24, 2.45) is 7.05 Å². The summed E-state index contributed by atoms with van der Waals surface area (Å²) in [4.78, 5) is 11.8. The van der Waals surface area contributed by atoms with Gasteiger partial charge in [0, 0.05) is 23.7 Å². The highest BCUT2D eigenvalue weighted by Crippen LogP contribution is 2.34. The number of H-pyrrole nitrogens is 1. The number of nitrogen functional groups attached to an aromatic ring is 1. The van der Waals surface area contributed by atoms with Crippen LogP contribution in [-0.4, -0.2) is 21.9 Å². The fraction of sp³-hybridized carbons (Fsp3) is 0.200. The second-order valence-electron chi connectivity index (χ2n) is 3.50. The Bertz CT molecular complexity index is 637. The fourth-order valence-corrected chi connectivity index (χ4v) is 2.17. The number of hydrogen-bond donors (Lipinski definition) is 2. The van der Waals surface area contributed by atoms with Gasteiger partial charge in [0.15, 0.2) is 16.7 Å². The second kappa shape index (κ2) is 4.73. The zero-order valence-corrected chi connectivity index (χ0v) is 10.5. The number of rotatable bonds is 3. The number of hydrogen-bond acceptors (Lipinski definition) is 5. The van der Waals surface area contributed by atoms with Crippen LogP contribution in [0.4, 0.5) is 10.1 Å². The Kier molecular flexibility index (Phi) is 3.28. The largest absolute Gasteiger partial charge is 0.494 e. The van der Waals surface area contributed by atoms with Crippen LogP contribution in [0.15, 0.2) is 27.0 Å². The van der Waals surface area contributed by atoms with Gasteiger partial charge >= 0.3 is 5.69 Å². The number of nitrogens with one attached hydrogen (secondary N) is 1. The Labute approximate surface area is 106 Å². The smallest absolute Gasteiger partial charge is 0.343 e. The molecule has 0 radical (unpaired) electrons. The normalized spacial score (nSPS) is 10.6. The lowest BCUT2D eigenvalue weighted by molar-refractivity contribution is 0.385. The molecule has 0 bridgehead atoms. The van der Waals surface area contributed by atoms with Gasteiger partial charge in [-0.05, 0) is 17.8 Å². The summed E-state index contributed by atoms with van der Waals surface area (Å²) >= 11 is 1.15. The van der Waals surface area contributed by atoms with Gasteiger partial charge in [0.2, 0.25) is 0 Å². The van der Waals surface area contributed by atoms with E-state index in [1.165, 1.54) is 23.8 Å². The van der Waals surface area contributed by atoms with Crippen LogP contribution in [0.5, 0.6) is 5.75 Å². The first-order valence-corrected chi connectivity index (χ1v) is 5.77. The van der Waals surface area contributed by atoms with Crippen LogP contribution in [0.1, 0.15) is 0 Å². The van der Waals surface area contributed by atoms with Crippen LogP contribution >= 0.6 is 11.8 Å². The summed E-state index contributed by atoms with van der Waals surface area (Å²) in [6.07, 6.45) is 0. The van der Waals surface area contributed by atoms with E-state index in [1.807, 2.05) is 0 Å². The van der Waals surface area contributed by atoms with Crippen molar-refractivity contribution in [3.63, 3.8) is 0 Å². The highest BCUT2D eigenvalue weighted by Gasteiger charge is 2.12. The summed E-state index contributed by atoms with van der Waals surface area (Å²) in [6, 6.07) is 2.64. The lowest BCUT2D eigenvalue weighted by atomic mass is 10.3. The molecule has 18 heavy (non-hydrogen) atoms. The predicted octanol–water partition coefficient (Wildman–Crippen LogP) is 0.989. The Morgan fingerprint density at radius 3 is 2.83 bits per heavy atom. The van der Waals surface area contributed by atoms with Gasteiger partial charge in [0.05, 0.1) is 7.11 Å². The number of aromatic nitrogens is 3. The highest BCUT2D eigenvalue weighted by atomic mass is 32.2. The maximum absolute atomic E-state index is 13.4. The van der Waals surface area contributed by atoms with Gasteiger partial charge in [0.1, 0.15) is 0 Å². The quantitative estimate of drug-likeness (QED) is 0.812. The molecule has 2 rings (SSSR count). The van der Waals surface area contributed by atoms with E-state index in [2.05, 4.69) is 10.2 Å². The van der Waals surface area contributed by atoms with Crippen LogP contribution in [0.2, 0.25) is 0 Å². The van der Waals surface area contributed by atoms with Crippen molar-refractivity contribution in [3.05, 3.63) is 28.4 Å². The number of nitrogens with two attached hydrogens (primary N) is 1. The minimum atomic E-state index is -0.532. The molecule has 8 heteroatoms. The number of methoxy groups -OCH3 is 1. The number of benzene rings is 1. The summed E-state index contributed by atoms with van der Waals surface area (Å²) in [5.41, 5.74) is 5.64. The average Bonchev–Trinajstić information content (AvgIpc) is 2.64. The average molecular weight is 270 g/mol. The first kappa shape index (κ1) is 12.5. The van der Waals surface area contributed by atoms with Crippen molar-refractivity contribution in [2.45, 2.75) is 10.1 Å². The summed E-state index contributed by atoms with van der Waals surface area (Å²) in [6.45, 7) is 0. The van der Waals surface area contributed by atoms with Gasteiger partial charge in [-0.1, -0.05) is 0 Å². The van der Waals surface area contributed by atoms with E-state index in [0.29, 0.717) is 10.1 Å². The molecule has 1 aromatic heterocycles. The third-order valence-corrected chi connectivity index (χ3v) is 3.45. The molecule has 0 saturated heterocycles. The lowest BCUT2D eigenvalue weighted by Gasteiger charge is -2.08. The summed E-state index contributed by atoms with van der Waals surface area (Å²) in [5.74, 6) is -0.442. The molecule has 1 heterocycles. The van der Waals surface area contributed by atoms with Crippen molar-refractivity contribution in [3.8, 4) is 5.75 Å². The number of anilines is 1.